The third-order valence-corrected chi connectivity index (χ3v) is 4.30. The smallest absolute Gasteiger partial charge is 0.326 e. The molecular formula is C19H29N3O4. The average molecular weight is 363 g/mol. The highest BCUT2D eigenvalue weighted by molar-refractivity contribution is 5.93. The lowest BCUT2D eigenvalue weighted by Gasteiger charge is -2.18. The van der Waals surface area contributed by atoms with Crippen LogP contribution in [0.15, 0.2) is 18.2 Å². The zero-order valence-electron chi connectivity index (χ0n) is 16.0. The van der Waals surface area contributed by atoms with E-state index in [0.717, 1.165) is 29.9 Å². The van der Waals surface area contributed by atoms with Crippen molar-refractivity contribution < 1.29 is 19.5 Å². The van der Waals surface area contributed by atoms with Gasteiger partial charge < -0.3 is 15.7 Å². The van der Waals surface area contributed by atoms with E-state index in [1.54, 1.807) is 0 Å². The van der Waals surface area contributed by atoms with Crippen molar-refractivity contribution in [3.8, 4) is 0 Å². The van der Waals surface area contributed by atoms with E-state index in [2.05, 4.69) is 29.4 Å². The Balaban J connectivity index is 0.000000314. The lowest BCUT2D eigenvalue weighted by molar-refractivity contribution is -0.140. The van der Waals surface area contributed by atoms with Crippen molar-refractivity contribution in [3.63, 3.8) is 0 Å². The molecule has 0 unspecified atom stereocenters. The van der Waals surface area contributed by atoms with Crippen molar-refractivity contribution in [3.05, 3.63) is 29.3 Å². The molecule has 7 nitrogen and oxygen atoms in total. The Kier molecular flexibility index (Phi) is 8.78. The van der Waals surface area contributed by atoms with Gasteiger partial charge in [-0.05, 0) is 44.5 Å². The molecule has 1 saturated heterocycles. The third-order valence-electron chi connectivity index (χ3n) is 4.30. The molecule has 1 aromatic rings. The molecule has 0 bridgehead atoms. The SMILES string of the molecule is CCN(CC)CC(=O)Nc1c(C)cccc1C.O=C1CC[C@@H](C(=O)O)N1. The van der Waals surface area contributed by atoms with Crippen molar-refractivity contribution in [1.82, 2.24) is 10.2 Å². The molecule has 26 heavy (non-hydrogen) atoms. The van der Waals surface area contributed by atoms with Crippen LogP contribution in [0.25, 0.3) is 0 Å². The molecular weight excluding hydrogens is 334 g/mol. The minimum absolute atomic E-state index is 0.0612. The number of carbonyl (C=O) groups is 3. The minimum atomic E-state index is -0.944. The van der Waals surface area contributed by atoms with Gasteiger partial charge in [0.15, 0.2) is 0 Å². The number of hydrogen-bond donors (Lipinski definition) is 3. The van der Waals surface area contributed by atoms with Crippen molar-refractivity contribution in [2.75, 3.05) is 25.0 Å². The fourth-order valence-electron chi connectivity index (χ4n) is 2.64. The summed E-state index contributed by atoms with van der Waals surface area (Å²) in [6, 6.07) is 5.39. The van der Waals surface area contributed by atoms with Crippen LogP contribution in [0.2, 0.25) is 0 Å². The number of carbonyl (C=O) groups excluding carboxylic acids is 2. The highest BCUT2D eigenvalue weighted by Crippen LogP contribution is 2.19. The van der Waals surface area contributed by atoms with E-state index in [-0.39, 0.29) is 11.8 Å². The Morgan fingerprint density at radius 2 is 1.81 bits per heavy atom. The van der Waals surface area contributed by atoms with Crippen LogP contribution in [0, 0.1) is 13.8 Å². The average Bonchev–Trinajstić information content (AvgIpc) is 3.03. The number of likely N-dealkylation sites (N-methyl/N-ethyl adjacent to an activating group) is 1. The highest BCUT2D eigenvalue weighted by atomic mass is 16.4. The van der Waals surface area contributed by atoms with Gasteiger partial charge in [-0.3, -0.25) is 14.5 Å². The van der Waals surface area contributed by atoms with Gasteiger partial charge in [-0.1, -0.05) is 32.0 Å². The molecule has 1 aliphatic heterocycles. The zero-order valence-corrected chi connectivity index (χ0v) is 16.0. The van der Waals surface area contributed by atoms with Crippen molar-refractivity contribution >= 4 is 23.5 Å². The molecule has 1 heterocycles. The number of aliphatic carboxylic acids is 1. The Labute approximate surface area is 154 Å². The number of para-hydroxylation sites is 1. The van der Waals surface area contributed by atoms with Gasteiger partial charge in [0.05, 0.1) is 6.54 Å². The van der Waals surface area contributed by atoms with Gasteiger partial charge in [0, 0.05) is 12.1 Å². The predicted octanol–water partition coefficient (Wildman–Crippen LogP) is 1.93. The third kappa shape index (κ3) is 6.84. The van der Waals surface area contributed by atoms with Crippen LogP contribution in [0.4, 0.5) is 5.69 Å². The molecule has 0 aromatic heterocycles. The van der Waals surface area contributed by atoms with E-state index in [0.29, 0.717) is 19.4 Å². The van der Waals surface area contributed by atoms with Crippen LogP contribution >= 0.6 is 0 Å². The maximum Gasteiger partial charge on any atom is 0.326 e. The molecule has 2 amide bonds. The van der Waals surface area contributed by atoms with E-state index in [4.69, 9.17) is 5.11 Å². The molecule has 0 saturated carbocycles. The second-order valence-corrected chi connectivity index (χ2v) is 6.27. The zero-order chi connectivity index (χ0) is 19.7. The van der Waals surface area contributed by atoms with E-state index >= 15 is 0 Å². The molecule has 1 atom stereocenters. The Morgan fingerprint density at radius 1 is 1.23 bits per heavy atom. The summed E-state index contributed by atoms with van der Waals surface area (Å²) < 4.78 is 0. The second kappa shape index (κ2) is 10.6. The number of amides is 2. The maximum absolute atomic E-state index is 11.9. The van der Waals surface area contributed by atoms with Gasteiger partial charge in [0.25, 0.3) is 0 Å². The van der Waals surface area contributed by atoms with E-state index < -0.39 is 12.0 Å². The monoisotopic (exact) mass is 363 g/mol. The van der Waals surface area contributed by atoms with Gasteiger partial charge in [0.1, 0.15) is 6.04 Å². The van der Waals surface area contributed by atoms with Crippen molar-refractivity contribution in [2.24, 2.45) is 0 Å². The van der Waals surface area contributed by atoms with Gasteiger partial charge in [-0.15, -0.1) is 0 Å². The topological polar surface area (TPSA) is 98.7 Å². The first-order chi connectivity index (χ1) is 12.3. The van der Waals surface area contributed by atoms with Crippen LogP contribution in [-0.2, 0) is 14.4 Å². The number of hydrogen-bond acceptors (Lipinski definition) is 4. The lowest BCUT2D eigenvalue weighted by atomic mass is 10.1. The predicted molar refractivity (Wildman–Crippen MR) is 101 cm³/mol. The van der Waals surface area contributed by atoms with Crippen LogP contribution in [-0.4, -0.2) is 53.5 Å². The summed E-state index contributed by atoms with van der Waals surface area (Å²) in [5, 5.41) is 13.6. The molecule has 0 spiro atoms. The molecule has 7 heteroatoms. The Bertz CT molecular complexity index is 621. The fourth-order valence-corrected chi connectivity index (χ4v) is 2.64. The summed E-state index contributed by atoms with van der Waals surface area (Å²) >= 11 is 0. The number of nitrogens with zero attached hydrogens (tertiary/aromatic N) is 1. The number of benzene rings is 1. The van der Waals surface area contributed by atoms with Gasteiger partial charge in [0.2, 0.25) is 11.8 Å². The normalized spacial score (nSPS) is 15.9. The molecule has 1 aliphatic rings. The quantitative estimate of drug-likeness (QED) is 0.717. The first-order valence-corrected chi connectivity index (χ1v) is 8.89. The molecule has 0 aliphatic carbocycles. The molecule has 0 radical (unpaired) electrons. The van der Waals surface area contributed by atoms with E-state index in [1.165, 1.54) is 0 Å². The van der Waals surface area contributed by atoms with Crippen LogP contribution in [0.5, 0.6) is 0 Å². The van der Waals surface area contributed by atoms with Crippen molar-refractivity contribution in [2.45, 2.75) is 46.6 Å². The molecule has 1 fully saturated rings. The minimum Gasteiger partial charge on any atom is -0.480 e. The summed E-state index contributed by atoms with van der Waals surface area (Å²) in [4.78, 5) is 34.5. The summed E-state index contributed by atoms with van der Waals surface area (Å²) in [6.45, 7) is 10.4. The number of aryl methyl sites for hydroxylation is 2. The summed E-state index contributed by atoms with van der Waals surface area (Å²) in [7, 11) is 0. The maximum atomic E-state index is 11.9. The van der Waals surface area contributed by atoms with Crippen LogP contribution in [0.3, 0.4) is 0 Å². The van der Waals surface area contributed by atoms with Gasteiger partial charge in [-0.25, -0.2) is 4.79 Å². The first kappa shape index (κ1) is 21.6. The number of nitrogens with one attached hydrogen (secondary N) is 2. The number of carboxylic acid groups (broad SMARTS) is 1. The Morgan fingerprint density at radius 3 is 2.19 bits per heavy atom. The number of rotatable bonds is 6. The Hall–Kier alpha value is -2.41. The molecule has 1 aromatic carbocycles. The number of anilines is 1. The van der Waals surface area contributed by atoms with E-state index in [1.807, 2.05) is 32.0 Å². The largest absolute Gasteiger partial charge is 0.480 e. The second-order valence-electron chi connectivity index (χ2n) is 6.27. The summed E-state index contributed by atoms with van der Waals surface area (Å²) in [5.41, 5.74) is 3.17. The lowest BCUT2D eigenvalue weighted by Crippen LogP contribution is -2.33. The van der Waals surface area contributed by atoms with Gasteiger partial charge >= 0.3 is 5.97 Å². The van der Waals surface area contributed by atoms with Crippen molar-refractivity contribution in [1.29, 1.82) is 0 Å². The molecule has 3 N–H and O–H groups in total. The summed E-state index contributed by atoms with van der Waals surface area (Å²) in [6.07, 6.45) is 0.769. The first-order valence-electron chi connectivity index (χ1n) is 8.89. The van der Waals surface area contributed by atoms with Crippen LogP contribution in [0.1, 0.15) is 37.8 Å². The standard InChI is InChI=1S/C14H22N2O.C5H7NO3/c1-5-16(6-2)10-13(17)15-14-11(3)8-7-9-12(14)4;7-4-2-1-3(6-4)5(8)9/h7-9H,5-6,10H2,1-4H3,(H,15,17);3H,1-2H2,(H,6,7)(H,8,9)/t;3-/m.0/s1. The fraction of sp³-hybridized carbons (Fsp3) is 0.526. The molecule has 144 valence electrons. The number of carboxylic acids is 1. The van der Waals surface area contributed by atoms with Crippen LogP contribution < -0.4 is 10.6 Å². The van der Waals surface area contributed by atoms with Gasteiger partial charge in [-0.2, -0.15) is 0 Å². The van der Waals surface area contributed by atoms with E-state index in [9.17, 15) is 14.4 Å². The summed E-state index contributed by atoms with van der Waals surface area (Å²) in [5.74, 6) is -1.05. The molecule has 2 rings (SSSR count). The highest BCUT2D eigenvalue weighted by Gasteiger charge is 2.26.